The zero-order chi connectivity index (χ0) is 13.4. The first kappa shape index (κ1) is 13.9. The van der Waals surface area contributed by atoms with Gasteiger partial charge in [0.25, 0.3) is 0 Å². The van der Waals surface area contributed by atoms with Crippen LogP contribution < -0.4 is 10.6 Å². The van der Waals surface area contributed by atoms with Crippen LogP contribution in [0.25, 0.3) is 0 Å². The van der Waals surface area contributed by atoms with Gasteiger partial charge in [-0.15, -0.1) is 0 Å². The number of rotatable bonds is 5. The van der Waals surface area contributed by atoms with Crippen molar-refractivity contribution < 1.29 is 9.59 Å². The summed E-state index contributed by atoms with van der Waals surface area (Å²) in [4.78, 5) is 24.6. The molecule has 0 aromatic rings. The number of carbonyl (C=O) groups excluding carboxylic acids is 2. The molecule has 7 heteroatoms. The second kappa shape index (κ2) is 7.25. The van der Waals surface area contributed by atoms with Gasteiger partial charge in [-0.2, -0.15) is 10.5 Å². The lowest BCUT2D eigenvalue weighted by atomic mass is 10.2. The summed E-state index contributed by atoms with van der Waals surface area (Å²) in [6.07, 6.45) is 0.465. The van der Waals surface area contributed by atoms with Gasteiger partial charge in [0.15, 0.2) is 0 Å². The van der Waals surface area contributed by atoms with Gasteiger partial charge in [0.05, 0.1) is 31.5 Å². The molecule has 96 valence electrons. The monoisotopic (exact) mass is 249 g/mol. The van der Waals surface area contributed by atoms with Gasteiger partial charge in [-0.25, -0.2) is 0 Å². The number of hydrogen-bond donors (Lipinski definition) is 2. The Morgan fingerprint density at radius 1 is 1.33 bits per heavy atom. The summed E-state index contributed by atoms with van der Waals surface area (Å²) in [6.45, 7) is 0.973. The zero-order valence-electron chi connectivity index (χ0n) is 9.98. The minimum absolute atomic E-state index is 0.112. The van der Waals surface area contributed by atoms with Crippen molar-refractivity contribution in [2.45, 2.75) is 18.9 Å². The van der Waals surface area contributed by atoms with Crippen LogP contribution in [0.1, 0.15) is 12.8 Å². The minimum atomic E-state index is -0.472. The number of nitrogens with zero attached hydrogens (tertiary/aromatic N) is 3. The zero-order valence-corrected chi connectivity index (χ0v) is 9.98. The van der Waals surface area contributed by atoms with Crippen LogP contribution in [0.15, 0.2) is 0 Å². The maximum absolute atomic E-state index is 12.1. The van der Waals surface area contributed by atoms with E-state index in [4.69, 9.17) is 10.5 Å². The second-order valence-corrected chi connectivity index (χ2v) is 3.88. The number of carbonyl (C=O) groups is 2. The highest BCUT2D eigenvalue weighted by Gasteiger charge is 2.27. The molecule has 1 fully saturated rings. The van der Waals surface area contributed by atoms with Crippen molar-refractivity contribution in [3.8, 4) is 12.1 Å². The molecular weight excluding hydrogens is 234 g/mol. The Balaban J connectivity index is 2.55. The maximum Gasteiger partial charge on any atom is 0.241 e. The Morgan fingerprint density at radius 2 is 1.94 bits per heavy atom. The minimum Gasteiger partial charge on any atom is -0.353 e. The summed E-state index contributed by atoms with van der Waals surface area (Å²) < 4.78 is 0. The SMILES string of the molecule is N#CCCN(CCC#N)C(=O)C1CNC(=O)CN1. The molecule has 0 aliphatic carbocycles. The second-order valence-electron chi connectivity index (χ2n) is 3.88. The lowest BCUT2D eigenvalue weighted by Crippen LogP contribution is -2.58. The first-order chi connectivity index (χ1) is 8.69. The highest BCUT2D eigenvalue weighted by atomic mass is 16.2. The van der Waals surface area contributed by atoms with Crippen LogP contribution in [0.4, 0.5) is 0 Å². The lowest BCUT2D eigenvalue weighted by Gasteiger charge is -2.29. The number of amides is 2. The maximum atomic E-state index is 12.1. The third-order valence-electron chi connectivity index (χ3n) is 2.61. The lowest BCUT2D eigenvalue weighted by molar-refractivity contribution is -0.134. The molecule has 1 heterocycles. The third-order valence-corrected chi connectivity index (χ3v) is 2.61. The van der Waals surface area contributed by atoms with E-state index in [9.17, 15) is 9.59 Å². The Labute approximate surface area is 105 Å². The average molecular weight is 249 g/mol. The molecule has 2 N–H and O–H groups in total. The summed E-state index contributed by atoms with van der Waals surface area (Å²) >= 11 is 0. The van der Waals surface area contributed by atoms with Crippen molar-refractivity contribution in [3.05, 3.63) is 0 Å². The summed E-state index contributed by atoms with van der Waals surface area (Å²) in [7, 11) is 0. The predicted molar refractivity (Wildman–Crippen MR) is 61.8 cm³/mol. The number of nitriles is 2. The normalized spacial score (nSPS) is 18.3. The van der Waals surface area contributed by atoms with Gasteiger partial charge in [-0.3, -0.25) is 14.9 Å². The molecule has 7 nitrogen and oxygen atoms in total. The molecule has 1 aliphatic rings. The smallest absolute Gasteiger partial charge is 0.241 e. The summed E-state index contributed by atoms with van der Waals surface area (Å²) in [5, 5.41) is 22.5. The molecule has 1 atom stereocenters. The van der Waals surface area contributed by atoms with Crippen LogP contribution in [0.5, 0.6) is 0 Å². The fourth-order valence-electron chi connectivity index (χ4n) is 1.66. The van der Waals surface area contributed by atoms with E-state index in [-0.39, 0.29) is 37.7 Å². The standard InChI is InChI=1S/C11H15N5O2/c12-3-1-5-16(6-2-4-13)11(18)9-7-15-10(17)8-14-9/h9,14H,1-2,5-8H2,(H,15,17). The van der Waals surface area contributed by atoms with Crippen molar-refractivity contribution >= 4 is 11.8 Å². The average Bonchev–Trinajstić information content (AvgIpc) is 2.39. The topological polar surface area (TPSA) is 109 Å². The van der Waals surface area contributed by atoms with Crippen LogP contribution in [0, 0.1) is 22.7 Å². The first-order valence-electron chi connectivity index (χ1n) is 5.71. The van der Waals surface area contributed by atoms with E-state index < -0.39 is 6.04 Å². The summed E-state index contributed by atoms with van der Waals surface area (Å²) in [6, 6.07) is 3.47. The molecule has 2 amide bonds. The number of hydrogen-bond acceptors (Lipinski definition) is 5. The van der Waals surface area contributed by atoms with Gasteiger partial charge in [0, 0.05) is 19.6 Å². The van der Waals surface area contributed by atoms with Crippen molar-refractivity contribution in [2.75, 3.05) is 26.2 Å². The predicted octanol–water partition coefficient (Wildman–Crippen LogP) is -1.27. The van der Waals surface area contributed by atoms with E-state index in [1.54, 1.807) is 0 Å². The Kier molecular flexibility index (Phi) is 5.62. The third kappa shape index (κ3) is 4.04. The van der Waals surface area contributed by atoms with E-state index in [1.807, 2.05) is 12.1 Å². The number of piperazine rings is 1. The van der Waals surface area contributed by atoms with E-state index in [0.29, 0.717) is 13.1 Å². The number of nitrogens with one attached hydrogen (secondary N) is 2. The molecule has 1 rings (SSSR count). The molecule has 1 saturated heterocycles. The van der Waals surface area contributed by atoms with Gasteiger partial charge in [0.2, 0.25) is 11.8 Å². The molecule has 0 radical (unpaired) electrons. The molecule has 0 spiro atoms. The Hall–Kier alpha value is -2.12. The van der Waals surface area contributed by atoms with Gasteiger partial charge >= 0.3 is 0 Å². The highest BCUT2D eigenvalue weighted by Crippen LogP contribution is 2.01. The Bertz CT molecular complexity index is 367. The molecule has 0 saturated carbocycles. The van der Waals surface area contributed by atoms with Crippen LogP contribution in [-0.2, 0) is 9.59 Å². The van der Waals surface area contributed by atoms with Crippen LogP contribution >= 0.6 is 0 Å². The summed E-state index contributed by atoms with van der Waals surface area (Å²) in [5.74, 6) is -0.319. The molecule has 1 unspecified atom stereocenters. The Morgan fingerprint density at radius 3 is 2.39 bits per heavy atom. The molecule has 0 aromatic carbocycles. The quantitative estimate of drug-likeness (QED) is 0.631. The largest absolute Gasteiger partial charge is 0.353 e. The van der Waals surface area contributed by atoms with Crippen molar-refractivity contribution in [3.63, 3.8) is 0 Å². The van der Waals surface area contributed by atoms with Crippen LogP contribution in [-0.4, -0.2) is 48.9 Å². The van der Waals surface area contributed by atoms with Gasteiger partial charge < -0.3 is 10.2 Å². The first-order valence-corrected chi connectivity index (χ1v) is 5.71. The molecule has 18 heavy (non-hydrogen) atoms. The fourth-order valence-corrected chi connectivity index (χ4v) is 1.66. The highest BCUT2D eigenvalue weighted by molar-refractivity contribution is 5.86. The van der Waals surface area contributed by atoms with Crippen molar-refractivity contribution in [2.24, 2.45) is 0 Å². The van der Waals surface area contributed by atoms with Gasteiger partial charge in [-0.05, 0) is 0 Å². The fraction of sp³-hybridized carbons (Fsp3) is 0.636. The summed E-state index contributed by atoms with van der Waals surface area (Å²) in [5.41, 5.74) is 0. The van der Waals surface area contributed by atoms with E-state index in [1.165, 1.54) is 4.90 Å². The van der Waals surface area contributed by atoms with Gasteiger partial charge in [-0.1, -0.05) is 0 Å². The molecule has 0 aromatic heterocycles. The van der Waals surface area contributed by atoms with Crippen LogP contribution in [0.2, 0.25) is 0 Å². The van der Waals surface area contributed by atoms with Crippen LogP contribution in [0.3, 0.4) is 0 Å². The van der Waals surface area contributed by atoms with E-state index >= 15 is 0 Å². The van der Waals surface area contributed by atoms with Gasteiger partial charge in [0.1, 0.15) is 6.04 Å². The molecule has 1 aliphatic heterocycles. The van der Waals surface area contributed by atoms with E-state index in [0.717, 1.165) is 0 Å². The molecular formula is C11H15N5O2. The van der Waals surface area contributed by atoms with E-state index in [2.05, 4.69) is 10.6 Å². The van der Waals surface area contributed by atoms with Crippen molar-refractivity contribution in [1.29, 1.82) is 10.5 Å². The molecule has 0 bridgehead atoms. The van der Waals surface area contributed by atoms with Crippen molar-refractivity contribution in [1.82, 2.24) is 15.5 Å².